The first-order valence-corrected chi connectivity index (χ1v) is 7.07. The van der Waals surface area contributed by atoms with E-state index in [1.54, 1.807) is 12.1 Å². The third kappa shape index (κ3) is 5.19. The Morgan fingerprint density at radius 3 is 2.44 bits per heavy atom. The van der Waals surface area contributed by atoms with Gasteiger partial charge in [0.15, 0.2) is 0 Å². The molecule has 0 fully saturated rings. The lowest BCUT2D eigenvalue weighted by atomic mass is 10.1. The molecule has 2 aromatic carbocycles. The summed E-state index contributed by atoms with van der Waals surface area (Å²) in [5, 5.41) is 31.0. The summed E-state index contributed by atoms with van der Waals surface area (Å²) in [6.07, 6.45) is 3.81. The minimum absolute atomic E-state index is 0.0379. The number of hydrogen-bond donors (Lipinski definition) is 5. The minimum atomic E-state index is -0.661. The SMILES string of the molecule is O=C(/C=C/c1ccc(C(=O)N/N=C/c2cc(O)ccc2O)cc1)NO. The van der Waals surface area contributed by atoms with Crippen molar-refractivity contribution in [2.45, 2.75) is 0 Å². The molecular formula is C17H15N3O5. The normalized spacial score (nSPS) is 10.9. The van der Waals surface area contributed by atoms with E-state index in [0.29, 0.717) is 11.1 Å². The molecule has 2 rings (SSSR count). The zero-order chi connectivity index (χ0) is 18.2. The Morgan fingerprint density at radius 1 is 1.04 bits per heavy atom. The van der Waals surface area contributed by atoms with E-state index in [1.807, 2.05) is 0 Å². The number of hydrazone groups is 1. The third-order valence-corrected chi connectivity index (χ3v) is 3.09. The van der Waals surface area contributed by atoms with Crippen molar-refractivity contribution in [2.24, 2.45) is 5.10 Å². The Balaban J connectivity index is 1.99. The topological polar surface area (TPSA) is 131 Å². The van der Waals surface area contributed by atoms with E-state index in [2.05, 4.69) is 10.5 Å². The Hall–Kier alpha value is -3.65. The first kappa shape index (κ1) is 17.7. The van der Waals surface area contributed by atoms with Crippen LogP contribution in [-0.2, 0) is 4.79 Å². The van der Waals surface area contributed by atoms with E-state index < -0.39 is 11.8 Å². The lowest BCUT2D eigenvalue weighted by molar-refractivity contribution is -0.124. The second-order valence-corrected chi connectivity index (χ2v) is 4.87. The summed E-state index contributed by atoms with van der Waals surface area (Å²) in [6.45, 7) is 0. The Kier molecular flexibility index (Phi) is 5.86. The Labute approximate surface area is 142 Å². The van der Waals surface area contributed by atoms with E-state index in [1.165, 1.54) is 48.1 Å². The quantitative estimate of drug-likeness (QED) is 0.184. The molecule has 0 aromatic heterocycles. The van der Waals surface area contributed by atoms with Crippen LogP contribution in [0.5, 0.6) is 11.5 Å². The number of amides is 2. The molecule has 0 spiro atoms. The van der Waals surface area contributed by atoms with Crippen LogP contribution in [0.15, 0.2) is 53.6 Å². The molecule has 8 heteroatoms. The van der Waals surface area contributed by atoms with E-state index >= 15 is 0 Å². The van der Waals surface area contributed by atoms with Crippen molar-refractivity contribution in [3.63, 3.8) is 0 Å². The average Bonchev–Trinajstić information content (AvgIpc) is 2.62. The highest BCUT2D eigenvalue weighted by molar-refractivity contribution is 5.95. The van der Waals surface area contributed by atoms with Crippen molar-refractivity contribution in [2.75, 3.05) is 0 Å². The van der Waals surface area contributed by atoms with E-state index in [9.17, 15) is 19.8 Å². The standard InChI is InChI=1S/C17H15N3O5/c21-14-6-7-15(22)13(9-14)10-18-19-17(24)12-4-1-11(2-5-12)3-8-16(23)20-25/h1-10,21-22,25H,(H,19,24)(H,20,23)/b8-3+,18-10+. The molecule has 8 nitrogen and oxygen atoms in total. The summed E-state index contributed by atoms with van der Waals surface area (Å²) in [5.41, 5.74) is 5.01. The number of benzene rings is 2. The van der Waals surface area contributed by atoms with Gasteiger partial charge < -0.3 is 10.2 Å². The number of nitrogens with one attached hydrogen (secondary N) is 2. The summed E-state index contributed by atoms with van der Waals surface area (Å²) < 4.78 is 0. The fourth-order valence-corrected chi connectivity index (χ4v) is 1.83. The van der Waals surface area contributed by atoms with Gasteiger partial charge >= 0.3 is 0 Å². The number of nitrogens with zero attached hydrogens (tertiary/aromatic N) is 1. The van der Waals surface area contributed by atoms with Crippen LogP contribution in [0.4, 0.5) is 0 Å². The fourth-order valence-electron chi connectivity index (χ4n) is 1.83. The highest BCUT2D eigenvalue weighted by Crippen LogP contribution is 2.19. The second kappa shape index (κ2) is 8.27. The van der Waals surface area contributed by atoms with Gasteiger partial charge in [-0.25, -0.2) is 10.9 Å². The van der Waals surface area contributed by atoms with Gasteiger partial charge in [0.2, 0.25) is 0 Å². The van der Waals surface area contributed by atoms with Crippen molar-refractivity contribution in [1.29, 1.82) is 0 Å². The van der Waals surface area contributed by atoms with Crippen molar-refractivity contribution < 1.29 is 25.0 Å². The molecule has 0 aliphatic carbocycles. The first-order valence-electron chi connectivity index (χ1n) is 7.07. The smallest absolute Gasteiger partial charge is 0.271 e. The molecule has 0 aliphatic heterocycles. The summed E-state index contributed by atoms with van der Waals surface area (Å²) in [6, 6.07) is 10.2. The summed E-state index contributed by atoms with van der Waals surface area (Å²) in [7, 11) is 0. The highest BCUT2D eigenvalue weighted by atomic mass is 16.5. The number of carbonyl (C=O) groups excluding carboxylic acids is 2. The number of phenols is 2. The van der Waals surface area contributed by atoms with Crippen molar-refractivity contribution >= 4 is 24.1 Å². The number of carbonyl (C=O) groups is 2. The molecule has 5 N–H and O–H groups in total. The van der Waals surface area contributed by atoms with Crippen LogP contribution in [0.2, 0.25) is 0 Å². The molecule has 0 atom stereocenters. The third-order valence-electron chi connectivity index (χ3n) is 3.09. The number of aromatic hydroxyl groups is 2. The molecule has 0 unspecified atom stereocenters. The van der Waals surface area contributed by atoms with Crippen molar-refractivity contribution in [3.05, 3.63) is 65.2 Å². The first-order chi connectivity index (χ1) is 12.0. The van der Waals surface area contributed by atoms with E-state index in [0.717, 1.165) is 6.08 Å². The molecule has 25 heavy (non-hydrogen) atoms. The largest absolute Gasteiger partial charge is 0.508 e. The average molecular weight is 341 g/mol. The van der Waals surface area contributed by atoms with Gasteiger partial charge in [-0.15, -0.1) is 0 Å². The van der Waals surface area contributed by atoms with E-state index in [4.69, 9.17) is 5.21 Å². The number of hydrogen-bond acceptors (Lipinski definition) is 6. The van der Waals surface area contributed by atoms with Crippen molar-refractivity contribution in [3.8, 4) is 11.5 Å². The lowest BCUT2D eigenvalue weighted by Crippen LogP contribution is -2.17. The van der Waals surface area contributed by atoms with Crippen LogP contribution in [0.25, 0.3) is 6.08 Å². The summed E-state index contributed by atoms with van der Waals surface area (Å²) in [4.78, 5) is 22.8. The van der Waals surface area contributed by atoms with Gasteiger partial charge in [-0.1, -0.05) is 12.1 Å². The molecular weight excluding hydrogens is 326 g/mol. The molecule has 0 bridgehead atoms. The maximum Gasteiger partial charge on any atom is 0.271 e. The molecule has 2 amide bonds. The fraction of sp³-hybridized carbons (Fsp3) is 0. The Morgan fingerprint density at radius 2 is 1.76 bits per heavy atom. The molecule has 0 saturated carbocycles. The zero-order valence-corrected chi connectivity index (χ0v) is 12.9. The van der Waals surface area contributed by atoms with Crippen LogP contribution in [0.3, 0.4) is 0 Å². The van der Waals surface area contributed by atoms with Gasteiger partial charge in [-0.3, -0.25) is 14.8 Å². The van der Waals surface area contributed by atoms with Crippen molar-refractivity contribution in [1.82, 2.24) is 10.9 Å². The predicted molar refractivity (Wildman–Crippen MR) is 90.2 cm³/mol. The molecule has 128 valence electrons. The number of phenolic OH excluding ortho intramolecular Hbond substituents is 2. The molecule has 0 aliphatic rings. The monoisotopic (exact) mass is 341 g/mol. The lowest BCUT2D eigenvalue weighted by Gasteiger charge is -2.02. The van der Waals surface area contributed by atoms with Gasteiger partial charge in [0.05, 0.1) is 6.21 Å². The maximum atomic E-state index is 12.0. The number of hydroxylamine groups is 1. The second-order valence-electron chi connectivity index (χ2n) is 4.87. The van der Waals surface area contributed by atoms with Gasteiger partial charge in [0.25, 0.3) is 11.8 Å². The molecule has 0 radical (unpaired) electrons. The summed E-state index contributed by atoms with van der Waals surface area (Å²) in [5.74, 6) is -1.26. The molecule has 0 saturated heterocycles. The van der Waals surface area contributed by atoms with Crippen LogP contribution in [0.1, 0.15) is 21.5 Å². The van der Waals surface area contributed by atoms with Crippen LogP contribution in [-0.4, -0.2) is 33.4 Å². The summed E-state index contributed by atoms with van der Waals surface area (Å²) >= 11 is 0. The molecule has 2 aromatic rings. The maximum absolute atomic E-state index is 12.0. The van der Waals surface area contributed by atoms with Gasteiger partial charge in [0.1, 0.15) is 11.5 Å². The van der Waals surface area contributed by atoms with Crippen LogP contribution >= 0.6 is 0 Å². The van der Waals surface area contributed by atoms with Crippen LogP contribution < -0.4 is 10.9 Å². The highest BCUT2D eigenvalue weighted by Gasteiger charge is 2.04. The zero-order valence-electron chi connectivity index (χ0n) is 12.9. The molecule has 0 heterocycles. The van der Waals surface area contributed by atoms with Gasteiger partial charge in [0, 0.05) is 17.2 Å². The van der Waals surface area contributed by atoms with Gasteiger partial charge in [-0.05, 0) is 42.0 Å². The van der Waals surface area contributed by atoms with Gasteiger partial charge in [-0.2, -0.15) is 5.10 Å². The van der Waals surface area contributed by atoms with Crippen LogP contribution in [0, 0.1) is 0 Å². The Bertz CT molecular complexity index is 829. The minimum Gasteiger partial charge on any atom is -0.508 e. The predicted octanol–water partition coefficient (Wildman–Crippen LogP) is 1.38. The van der Waals surface area contributed by atoms with E-state index in [-0.39, 0.29) is 17.1 Å². The number of rotatable bonds is 5.